The molecule has 0 bridgehead atoms. The molecular formula is C24H16F2OS. The molecule has 4 aromatic carbocycles. The van der Waals surface area contributed by atoms with Crippen LogP contribution in [0, 0.1) is 11.6 Å². The minimum absolute atomic E-state index is 0.401. The number of rotatable bonds is 4. The fourth-order valence-corrected chi connectivity index (χ4v) is 4.51. The monoisotopic (exact) mass is 390 g/mol. The van der Waals surface area contributed by atoms with Crippen LogP contribution < -0.4 is 0 Å². The van der Waals surface area contributed by atoms with Gasteiger partial charge in [-0.25, -0.2) is 13.0 Å². The summed E-state index contributed by atoms with van der Waals surface area (Å²) in [6.45, 7) is 0. The second-order valence-corrected chi connectivity index (χ2v) is 7.70. The van der Waals surface area contributed by atoms with E-state index in [1.165, 1.54) is 36.4 Å². The standard InChI is InChI=1S/C24H16F2OS/c25-19-11-13-23(21(15-19)17-7-3-1-4-8-17)28(27)24-14-12-20(26)16-22(24)18-9-5-2-6-10-18/h1-16H. The molecule has 0 aromatic heterocycles. The van der Waals surface area contributed by atoms with Crippen molar-refractivity contribution in [2.75, 3.05) is 0 Å². The molecule has 0 saturated heterocycles. The summed E-state index contributed by atoms with van der Waals surface area (Å²) in [6.07, 6.45) is 0. The van der Waals surface area contributed by atoms with Crippen LogP contribution in [0.15, 0.2) is 107 Å². The summed E-state index contributed by atoms with van der Waals surface area (Å²) < 4.78 is 41.4. The van der Waals surface area contributed by atoms with Crippen molar-refractivity contribution in [3.8, 4) is 22.3 Å². The van der Waals surface area contributed by atoms with Crippen molar-refractivity contribution < 1.29 is 13.0 Å². The van der Waals surface area contributed by atoms with Crippen LogP contribution in [0.3, 0.4) is 0 Å². The van der Waals surface area contributed by atoms with Gasteiger partial charge in [-0.3, -0.25) is 0 Å². The molecule has 0 heterocycles. The minimum Gasteiger partial charge on any atom is -0.249 e. The molecule has 0 amide bonds. The first kappa shape index (κ1) is 18.3. The van der Waals surface area contributed by atoms with E-state index in [1.807, 2.05) is 60.7 Å². The maximum Gasteiger partial charge on any atom is 0.123 e. The molecule has 0 spiro atoms. The number of hydrogen-bond acceptors (Lipinski definition) is 1. The quantitative estimate of drug-likeness (QED) is 0.390. The zero-order chi connectivity index (χ0) is 19.5. The molecular weight excluding hydrogens is 374 g/mol. The van der Waals surface area contributed by atoms with Crippen LogP contribution in [-0.4, -0.2) is 4.21 Å². The van der Waals surface area contributed by atoms with Crippen molar-refractivity contribution in [3.63, 3.8) is 0 Å². The summed E-state index contributed by atoms with van der Waals surface area (Å²) in [7, 11) is -1.62. The van der Waals surface area contributed by atoms with Gasteiger partial charge < -0.3 is 0 Å². The van der Waals surface area contributed by atoms with Gasteiger partial charge in [0, 0.05) is 11.1 Å². The van der Waals surface area contributed by atoms with Gasteiger partial charge >= 0.3 is 0 Å². The fraction of sp³-hybridized carbons (Fsp3) is 0. The Bertz CT molecular complexity index is 1050. The topological polar surface area (TPSA) is 17.1 Å². The maximum atomic E-state index is 13.9. The number of benzene rings is 4. The molecule has 4 heteroatoms. The van der Waals surface area contributed by atoms with E-state index in [4.69, 9.17) is 0 Å². The van der Waals surface area contributed by atoms with Crippen LogP contribution in [0.25, 0.3) is 22.3 Å². The maximum absolute atomic E-state index is 13.9. The van der Waals surface area contributed by atoms with Crippen LogP contribution in [0.2, 0.25) is 0 Å². The van der Waals surface area contributed by atoms with Gasteiger partial charge in [-0.15, -0.1) is 0 Å². The average Bonchev–Trinajstić information content (AvgIpc) is 2.74. The summed E-state index contributed by atoms with van der Waals surface area (Å²) in [5, 5.41) is 0. The zero-order valence-corrected chi connectivity index (χ0v) is 15.6. The van der Waals surface area contributed by atoms with Gasteiger partial charge in [0.15, 0.2) is 0 Å². The Morgan fingerprint density at radius 2 is 0.929 bits per heavy atom. The predicted molar refractivity (Wildman–Crippen MR) is 108 cm³/mol. The van der Waals surface area contributed by atoms with Gasteiger partial charge in [-0.1, -0.05) is 60.7 Å². The molecule has 0 atom stereocenters. The molecule has 4 aromatic rings. The van der Waals surface area contributed by atoms with Crippen LogP contribution in [0.4, 0.5) is 8.78 Å². The lowest BCUT2D eigenvalue weighted by Crippen LogP contribution is -2.00. The molecule has 138 valence electrons. The summed E-state index contributed by atoms with van der Waals surface area (Å²) in [5.74, 6) is -0.802. The van der Waals surface area contributed by atoms with E-state index in [9.17, 15) is 13.0 Å². The molecule has 0 unspecified atom stereocenters. The number of halogens is 2. The third-order valence-electron chi connectivity index (χ3n) is 4.45. The summed E-state index contributed by atoms with van der Waals surface area (Å²) in [4.78, 5) is 0.966. The van der Waals surface area contributed by atoms with Crippen LogP contribution >= 0.6 is 0 Å². The normalized spacial score (nSPS) is 11.0. The van der Waals surface area contributed by atoms with Crippen LogP contribution in [-0.2, 0) is 10.8 Å². The summed E-state index contributed by atoms with van der Waals surface area (Å²) in [5.41, 5.74) is 2.66. The number of hydrogen-bond donors (Lipinski definition) is 0. The van der Waals surface area contributed by atoms with Gasteiger partial charge in [0.25, 0.3) is 0 Å². The highest BCUT2D eigenvalue weighted by Gasteiger charge is 2.18. The first-order chi connectivity index (χ1) is 13.6. The van der Waals surface area contributed by atoms with Crippen molar-refractivity contribution in [2.45, 2.75) is 9.79 Å². The summed E-state index contributed by atoms with van der Waals surface area (Å²) in [6, 6.07) is 26.9. The van der Waals surface area contributed by atoms with Crippen molar-refractivity contribution in [1.82, 2.24) is 0 Å². The Morgan fingerprint density at radius 1 is 0.536 bits per heavy atom. The Kier molecular flexibility index (Phi) is 5.13. The highest BCUT2D eigenvalue weighted by Crippen LogP contribution is 2.34. The van der Waals surface area contributed by atoms with E-state index in [1.54, 1.807) is 0 Å². The first-order valence-corrected chi connectivity index (χ1v) is 9.90. The van der Waals surface area contributed by atoms with Gasteiger partial charge in [0.2, 0.25) is 0 Å². The molecule has 0 aliphatic carbocycles. The molecule has 28 heavy (non-hydrogen) atoms. The molecule has 1 nitrogen and oxygen atoms in total. The lowest BCUT2D eigenvalue weighted by Gasteiger charge is -2.14. The van der Waals surface area contributed by atoms with Gasteiger partial charge in [0.1, 0.15) is 11.6 Å². The average molecular weight is 390 g/mol. The Balaban J connectivity index is 1.89. The smallest absolute Gasteiger partial charge is 0.123 e. The van der Waals surface area contributed by atoms with Crippen LogP contribution in [0.5, 0.6) is 0 Å². The van der Waals surface area contributed by atoms with E-state index < -0.39 is 22.4 Å². The highest BCUT2D eigenvalue weighted by atomic mass is 32.2. The van der Waals surface area contributed by atoms with E-state index in [-0.39, 0.29) is 0 Å². The SMILES string of the molecule is O=S(c1ccc(F)cc1-c1ccccc1)c1ccc(F)cc1-c1ccccc1. The lowest BCUT2D eigenvalue weighted by atomic mass is 10.1. The molecule has 0 radical (unpaired) electrons. The molecule has 0 fully saturated rings. The second-order valence-electron chi connectivity index (χ2n) is 6.28. The van der Waals surface area contributed by atoms with E-state index in [0.29, 0.717) is 20.9 Å². The summed E-state index contributed by atoms with van der Waals surface area (Å²) >= 11 is 0. The third kappa shape index (κ3) is 3.64. The molecule has 0 aliphatic heterocycles. The van der Waals surface area contributed by atoms with Gasteiger partial charge in [0.05, 0.1) is 20.6 Å². The molecule has 0 aliphatic rings. The minimum atomic E-state index is -1.62. The molecule has 0 saturated carbocycles. The fourth-order valence-electron chi connectivity index (χ4n) is 3.13. The zero-order valence-electron chi connectivity index (χ0n) is 14.8. The van der Waals surface area contributed by atoms with E-state index in [0.717, 1.165) is 11.1 Å². The van der Waals surface area contributed by atoms with E-state index in [2.05, 4.69) is 0 Å². The van der Waals surface area contributed by atoms with Crippen molar-refractivity contribution in [3.05, 3.63) is 109 Å². The predicted octanol–water partition coefficient (Wildman–Crippen LogP) is 6.47. The highest BCUT2D eigenvalue weighted by molar-refractivity contribution is 7.85. The van der Waals surface area contributed by atoms with Gasteiger partial charge in [-0.2, -0.15) is 0 Å². The molecule has 0 N–H and O–H groups in total. The van der Waals surface area contributed by atoms with E-state index >= 15 is 0 Å². The molecule has 4 rings (SSSR count). The van der Waals surface area contributed by atoms with Crippen molar-refractivity contribution in [1.29, 1.82) is 0 Å². The van der Waals surface area contributed by atoms with Crippen molar-refractivity contribution >= 4 is 10.8 Å². The third-order valence-corrected chi connectivity index (χ3v) is 5.96. The van der Waals surface area contributed by atoms with Crippen molar-refractivity contribution in [2.24, 2.45) is 0 Å². The second kappa shape index (κ2) is 7.87. The lowest BCUT2D eigenvalue weighted by molar-refractivity contribution is 0.626. The Morgan fingerprint density at radius 3 is 1.32 bits per heavy atom. The van der Waals surface area contributed by atoms with Gasteiger partial charge in [-0.05, 0) is 47.5 Å². The first-order valence-electron chi connectivity index (χ1n) is 8.75. The Labute approximate surface area is 164 Å². The Hall–Kier alpha value is -3.11. The van der Waals surface area contributed by atoms with Crippen LogP contribution in [0.1, 0.15) is 0 Å². The largest absolute Gasteiger partial charge is 0.249 e.